The molecule has 0 saturated heterocycles. The summed E-state index contributed by atoms with van der Waals surface area (Å²) in [6.07, 6.45) is 3.77. The summed E-state index contributed by atoms with van der Waals surface area (Å²) in [4.78, 5) is 19.1. The number of likely N-dealkylation sites (N-methyl/N-ethyl adjacent to an activating group) is 1. The molecular weight excluding hydrogens is 395 g/mol. The van der Waals surface area contributed by atoms with Crippen molar-refractivity contribution in [2.75, 3.05) is 22.6 Å². The molecule has 0 unspecified atom stereocenters. The topological polar surface area (TPSA) is 75.1 Å². The Bertz CT molecular complexity index is 1090. The van der Waals surface area contributed by atoms with Gasteiger partial charge in [0.25, 0.3) is 0 Å². The monoisotopic (exact) mass is 422 g/mol. The number of nitrogens with zero attached hydrogens (tertiary/aromatic N) is 4. The molecule has 2 N–H and O–H groups in total. The normalized spacial score (nSPS) is 15.7. The highest BCUT2D eigenvalue weighted by Gasteiger charge is 2.34. The Morgan fingerprint density at radius 2 is 1.97 bits per heavy atom. The lowest BCUT2D eigenvalue weighted by atomic mass is 9.98. The van der Waals surface area contributed by atoms with Crippen molar-refractivity contribution in [3.63, 3.8) is 0 Å². The van der Waals surface area contributed by atoms with E-state index in [4.69, 9.17) is 0 Å². The molecule has 2 aromatic heterocycles. The van der Waals surface area contributed by atoms with E-state index in [-0.39, 0.29) is 23.7 Å². The predicted octanol–water partition coefficient (Wildman–Crippen LogP) is 3.80. The van der Waals surface area contributed by atoms with E-state index in [9.17, 15) is 9.18 Å². The van der Waals surface area contributed by atoms with Crippen LogP contribution in [0, 0.1) is 18.7 Å². The van der Waals surface area contributed by atoms with Gasteiger partial charge in [-0.25, -0.2) is 9.37 Å². The zero-order valence-electron chi connectivity index (χ0n) is 18.2. The van der Waals surface area contributed by atoms with Crippen LogP contribution in [0.15, 0.2) is 42.7 Å². The number of aryl methyl sites for hydroxylation is 1. The van der Waals surface area contributed by atoms with Gasteiger partial charge in [-0.3, -0.25) is 9.48 Å². The predicted molar refractivity (Wildman–Crippen MR) is 120 cm³/mol. The summed E-state index contributed by atoms with van der Waals surface area (Å²) in [5.74, 6) is 0.694. The molecule has 3 heterocycles. The van der Waals surface area contributed by atoms with Gasteiger partial charge < -0.3 is 15.5 Å². The van der Waals surface area contributed by atoms with Crippen molar-refractivity contribution in [2.24, 2.45) is 5.92 Å². The molecule has 4 rings (SSSR count). The molecule has 1 atom stereocenters. The van der Waals surface area contributed by atoms with Gasteiger partial charge in [-0.05, 0) is 30.5 Å². The van der Waals surface area contributed by atoms with Crippen LogP contribution >= 0.6 is 0 Å². The molecule has 0 spiro atoms. The SMILES string of the molecule is Cc1nc(NCc2cnn(Cc3ccc(F)cc3)c2)cc2c1NC(=O)[C@H](C(C)C)N2C. The van der Waals surface area contributed by atoms with Gasteiger partial charge in [-0.15, -0.1) is 0 Å². The van der Waals surface area contributed by atoms with Crippen molar-refractivity contribution in [2.45, 2.75) is 39.9 Å². The fourth-order valence-corrected chi connectivity index (χ4v) is 4.01. The van der Waals surface area contributed by atoms with Crippen molar-refractivity contribution in [1.82, 2.24) is 14.8 Å². The summed E-state index contributed by atoms with van der Waals surface area (Å²) in [6.45, 7) is 7.13. The van der Waals surface area contributed by atoms with E-state index >= 15 is 0 Å². The number of nitrogens with one attached hydrogen (secondary N) is 2. The number of carbonyl (C=O) groups is 1. The Labute approximate surface area is 181 Å². The first-order chi connectivity index (χ1) is 14.8. The zero-order valence-corrected chi connectivity index (χ0v) is 18.2. The van der Waals surface area contributed by atoms with E-state index in [0.717, 1.165) is 34.0 Å². The lowest BCUT2D eigenvalue weighted by molar-refractivity contribution is -0.118. The molecule has 31 heavy (non-hydrogen) atoms. The van der Waals surface area contributed by atoms with E-state index in [1.165, 1.54) is 12.1 Å². The van der Waals surface area contributed by atoms with Crippen molar-refractivity contribution in [3.8, 4) is 0 Å². The molecule has 1 aliphatic rings. The molecule has 1 aromatic carbocycles. The van der Waals surface area contributed by atoms with Crippen LogP contribution in [0.25, 0.3) is 0 Å². The Morgan fingerprint density at radius 1 is 1.23 bits per heavy atom. The summed E-state index contributed by atoms with van der Waals surface area (Å²) >= 11 is 0. The number of amides is 1. The third-order valence-electron chi connectivity index (χ3n) is 5.54. The van der Waals surface area contributed by atoms with Crippen molar-refractivity contribution in [3.05, 3.63) is 65.4 Å². The second-order valence-electron chi connectivity index (χ2n) is 8.30. The van der Waals surface area contributed by atoms with Crippen LogP contribution in [-0.2, 0) is 17.9 Å². The van der Waals surface area contributed by atoms with Crippen LogP contribution in [0.4, 0.5) is 21.6 Å². The highest BCUT2D eigenvalue weighted by Crippen LogP contribution is 2.36. The van der Waals surface area contributed by atoms with Crippen LogP contribution in [-0.4, -0.2) is 33.8 Å². The maximum Gasteiger partial charge on any atom is 0.247 e. The van der Waals surface area contributed by atoms with E-state index in [2.05, 4.69) is 20.7 Å². The minimum absolute atomic E-state index is 0.00387. The van der Waals surface area contributed by atoms with Crippen LogP contribution in [0.5, 0.6) is 0 Å². The minimum atomic E-state index is -0.244. The summed E-state index contributed by atoms with van der Waals surface area (Å²) < 4.78 is 14.9. The molecule has 0 radical (unpaired) electrons. The fraction of sp³-hybridized carbons (Fsp3) is 0.348. The highest BCUT2D eigenvalue weighted by molar-refractivity contribution is 6.04. The zero-order chi connectivity index (χ0) is 22.1. The lowest BCUT2D eigenvalue weighted by Gasteiger charge is -2.38. The minimum Gasteiger partial charge on any atom is -0.366 e. The van der Waals surface area contributed by atoms with Gasteiger partial charge in [-0.2, -0.15) is 5.10 Å². The number of anilines is 3. The number of rotatable bonds is 6. The van der Waals surface area contributed by atoms with Gasteiger partial charge in [0, 0.05) is 31.4 Å². The third-order valence-corrected chi connectivity index (χ3v) is 5.54. The molecule has 162 valence electrons. The smallest absolute Gasteiger partial charge is 0.247 e. The number of pyridine rings is 1. The number of benzene rings is 1. The maximum absolute atomic E-state index is 13.1. The van der Waals surface area contributed by atoms with Crippen molar-refractivity contribution in [1.29, 1.82) is 0 Å². The number of aromatic nitrogens is 3. The molecular formula is C23H27FN6O. The maximum atomic E-state index is 13.1. The van der Waals surface area contributed by atoms with E-state index in [1.54, 1.807) is 12.1 Å². The average molecular weight is 423 g/mol. The average Bonchev–Trinajstić information content (AvgIpc) is 3.16. The van der Waals surface area contributed by atoms with Crippen molar-refractivity contribution < 1.29 is 9.18 Å². The molecule has 7 nitrogen and oxygen atoms in total. The number of hydrogen-bond acceptors (Lipinski definition) is 5. The van der Waals surface area contributed by atoms with E-state index in [1.807, 2.05) is 55.9 Å². The second kappa shape index (κ2) is 8.37. The second-order valence-corrected chi connectivity index (χ2v) is 8.30. The summed E-state index contributed by atoms with van der Waals surface area (Å²) in [7, 11) is 1.95. The van der Waals surface area contributed by atoms with Crippen LogP contribution in [0.2, 0.25) is 0 Å². The molecule has 0 fully saturated rings. The quantitative estimate of drug-likeness (QED) is 0.632. The molecule has 1 amide bonds. The van der Waals surface area contributed by atoms with Crippen LogP contribution in [0.1, 0.15) is 30.7 Å². The standard InChI is InChI=1S/C23H27FN6O/c1-14(2)22-23(31)28-21-15(3)27-20(9-19(21)29(22)4)25-10-17-11-26-30(13-17)12-16-5-7-18(24)8-6-16/h5-9,11,13-14,22H,10,12H2,1-4H3,(H,25,27)(H,28,31)/t22-/m0/s1. The molecule has 0 aliphatic carbocycles. The van der Waals surface area contributed by atoms with Gasteiger partial charge in [0.1, 0.15) is 17.7 Å². The number of fused-ring (bicyclic) bond motifs is 1. The first-order valence-corrected chi connectivity index (χ1v) is 10.4. The molecule has 0 saturated carbocycles. The number of halogens is 1. The van der Waals surface area contributed by atoms with Crippen LogP contribution < -0.4 is 15.5 Å². The third kappa shape index (κ3) is 4.38. The number of hydrogen-bond donors (Lipinski definition) is 2. The Hall–Kier alpha value is -3.42. The van der Waals surface area contributed by atoms with E-state index < -0.39 is 0 Å². The summed E-state index contributed by atoms with van der Waals surface area (Å²) in [6, 6.07) is 8.18. The Kier molecular flexibility index (Phi) is 5.63. The Balaban J connectivity index is 1.46. The van der Waals surface area contributed by atoms with Crippen LogP contribution in [0.3, 0.4) is 0 Å². The number of carbonyl (C=O) groups excluding carboxylic acids is 1. The summed E-state index contributed by atoms with van der Waals surface area (Å²) in [5.41, 5.74) is 4.50. The van der Waals surface area contributed by atoms with Gasteiger partial charge in [0.05, 0.1) is 29.8 Å². The van der Waals surface area contributed by atoms with Gasteiger partial charge in [0.15, 0.2) is 0 Å². The lowest BCUT2D eigenvalue weighted by Crippen LogP contribution is -2.49. The summed E-state index contributed by atoms with van der Waals surface area (Å²) in [5, 5.41) is 10.8. The highest BCUT2D eigenvalue weighted by atomic mass is 19.1. The Morgan fingerprint density at radius 3 is 2.68 bits per heavy atom. The van der Waals surface area contributed by atoms with Gasteiger partial charge >= 0.3 is 0 Å². The molecule has 1 aliphatic heterocycles. The molecule has 3 aromatic rings. The molecule has 0 bridgehead atoms. The first kappa shape index (κ1) is 20.8. The van der Waals surface area contributed by atoms with Gasteiger partial charge in [0.2, 0.25) is 5.91 Å². The largest absolute Gasteiger partial charge is 0.366 e. The fourth-order valence-electron chi connectivity index (χ4n) is 4.01. The van der Waals surface area contributed by atoms with Gasteiger partial charge in [-0.1, -0.05) is 26.0 Å². The molecule has 8 heteroatoms. The van der Waals surface area contributed by atoms with E-state index in [0.29, 0.717) is 13.1 Å². The van der Waals surface area contributed by atoms with Crippen molar-refractivity contribution >= 4 is 23.1 Å². The first-order valence-electron chi connectivity index (χ1n) is 10.4.